The van der Waals surface area contributed by atoms with E-state index in [2.05, 4.69) is 27.1 Å². The second-order valence-electron chi connectivity index (χ2n) is 6.62. The Morgan fingerprint density at radius 1 is 1.32 bits per heavy atom. The van der Waals surface area contributed by atoms with Crippen LogP contribution in [0.25, 0.3) is 0 Å². The van der Waals surface area contributed by atoms with Gasteiger partial charge < -0.3 is 20.3 Å². The number of fused-ring (bicyclic) bond motifs is 1. The summed E-state index contributed by atoms with van der Waals surface area (Å²) in [7, 11) is 1.68. The fraction of sp³-hybridized carbons (Fsp3) is 0.400. The van der Waals surface area contributed by atoms with Gasteiger partial charge in [-0.25, -0.2) is 0 Å². The van der Waals surface area contributed by atoms with Gasteiger partial charge in [0.1, 0.15) is 11.9 Å². The van der Waals surface area contributed by atoms with Crippen molar-refractivity contribution in [3.05, 3.63) is 51.2 Å². The first-order valence-corrected chi connectivity index (χ1v) is 10.5. The maximum atomic E-state index is 12.5. The normalized spacial score (nSPS) is 15.0. The Morgan fingerprint density at radius 3 is 2.86 bits per heavy atom. The number of rotatable bonds is 6. The lowest BCUT2D eigenvalue weighted by atomic mass is 10.1. The molecule has 2 aromatic rings. The smallest absolute Gasteiger partial charge is 0.242 e. The third kappa shape index (κ3) is 5.62. The molecule has 2 heterocycles. The lowest BCUT2D eigenvalue weighted by Gasteiger charge is -2.27. The Balaban J connectivity index is 1.40. The zero-order valence-corrected chi connectivity index (χ0v) is 17.6. The van der Waals surface area contributed by atoms with Crippen LogP contribution in [0, 0.1) is 0 Å². The van der Waals surface area contributed by atoms with E-state index in [4.69, 9.17) is 16.3 Å². The minimum absolute atomic E-state index is 0.0743. The summed E-state index contributed by atoms with van der Waals surface area (Å²) in [5.41, 5.74) is 1.26. The molecule has 0 spiro atoms. The summed E-state index contributed by atoms with van der Waals surface area (Å²) in [6, 6.07) is 9.37. The van der Waals surface area contributed by atoms with Gasteiger partial charge in [0, 0.05) is 30.0 Å². The van der Waals surface area contributed by atoms with Gasteiger partial charge in [0.05, 0.1) is 13.1 Å². The summed E-state index contributed by atoms with van der Waals surface area (Å²) in [4.78, 5) is 20.0. The predicted molar refractivity (Wildman–Crippen MR) is 114 cm³/mol. The van der Waals surface area contributed by atoms with Crippen LogP contribution in [-0.2, 0) is 17.8 Å². The summed E-state index contributed by atoms with van der Waals surface area (Å²) >= 11 is 7.65. The van der Waals surface area contributed by atoms with E-state index in [1.54, 1.807) is 30.5 Å². The fourth-order valence-electron chi connectivity index (χ4n) is 2.98. The average molecular weight is 421 g/mol. The molecule has 0 fully saturated rings. The number of aliphatic imine (C=N–C) groups is 1. The lowest BCUT2D eigenvalue weighted by molar-refractivity contribution is -0.130. The molecule has 150 valence electrons. The number of amides is 1. The van der Waals surface area contributed by atoms with Crippen LogP contribution in [0.4, 0.5) is 0 Å². The van der Waals surface area contributed by atoms with Crippen LogP contribution < -0.4 is 15.4 Å². The van der Waals surface area contributed by atoms with Gasteiger partial charge in [0.15, 0.2) is 5.96 Å². The summed E-state index contributed by atoms with van der Waals surface area (Å²) in [6.45, 7) is 4.19. The SMILES string of the molecule is CN=C(NCC(=O)N1CCc2sccc2C1)NCC(C)Oc1ccc(Cl)cc1. The van der Waals surface area contributed by atoms with Crippen molar-refractivity contribution in [2.45, 2.75) is 26.0 Å². The van der Waals surface area contributed by atoms with Gasteiger partial charge in [-0.1, -0.05) is 11.6 Å². The molecule has 0 aliphatic carbocycles. The van der Waals surface area contributed by atoms with E-state index in [-0.39, 0.29) is 18.6 Å². The Hall–Kier alpha value is -2.25. The first-order chi connectivity index (χ1) is 13.5. The van der Waals surface area contributed by atoms with Crippen molar-refractivity contribution in [2.24, 2.45) is 4.99 Å². The number of benzene rings is 1. The van der Waals surface area contributed by atoms with Gasteiger partial charge >= 0.3 is 0 Å². The standard InChI is InChI=1S/C20H25ClN4O2S/c1-14(27-17-5-3-16(21)4-6-17)11-23-20(22-2)24-12-19(26)25-9-7-18-15(13-25)8-10-28-18/h3-6,8,10,14H,7,9,11-13H2,1-2H3,(H2,22,23,24). The van der Waals surface area contributed by atoms with Crippen molar-refractivity contribution in [3.8, 4) is 5.75 Å². The van der Waals surface area contributed by atoms with Crippen LogP contribution in [0.1, 0.15) is 17.4 Å². The molecule has 1 aliphatic heterocycles. The number of thiophene rings is 1. The van der Waals surface area contributed by atoms with Crippen LogP contribution in [0.15, 0.2) is 40.7 Å². The second kappa shape index (κ2) is 9.80. The number of nitrogens with zero attached hydrogens (tertiary/aromatic N) is 2. The highest BCUT2D eigenvalue weighted by molar-refractivity contribution is 7.10. The van der Waals surface area contributed by atoms with Gasteiger partial charge in [-0.05, 0) is 54.6 Å². The van der Waals surface area contributed by atoms with Crippen LogP contribution in [0.3, 0.4) is 0 Å². The van der Waals surface area contributed by atoms with Gasteiger partial charge in [-0.2, -0.15) is 0 Å². The highest BCUT2D eigenvalue weighted by atomic mass is 35.5. The quantitative estimate of drug-likeness (QED) is 0.557. The molecule has 8 heteroatoms. The van der Waals surface area contributed by atoms with E-state index < -0.39 is 0 Å². The number of nitrogens with one attached hydrogen (secondary N) is 2. The molecule has 2 N–H and O–H groups in total. The van der Waals surface area contributed by atoms with Crippen molar-refractivity contribution in [1.29, 1.82) is 0 Å². The molecule has 1 unspecified atom stereocenters. The maximum Gasteiger partial charge on any atom is 0.242 e. The number of guanidine groups is 1. The van der Waals surface area contributed by atoms with Gasteiger partial charge in [0.2, 0.25) is 5.91 Å². The van der Waals surface area contributed by atoms with Gasteiger partial charge in [-0.3, -0.25) is 9.79 Å². The Morgan fingerprint density at radius 2 is 2.11 bits per heavy atom. The maximum absolute atomic E-state index is 12.5. The number of carbonyl (C=O) groups is 1. The van der Waals surface area contributed by atoms with Gasteiger partial charge in [0.25, 0.3) is 0 Å². The third-order valence-corrected chi connectivity index (χ3v) is 5.77. The zero-order chi connectivity index (χ0) is 19.9. The number of hydrogen-bond donors (Lipinski definition) is 2. The van der Waals surface area contributed by atoms with E-state index in [0.717, 1.165) is 18.7 Å². The predicted octanol–water partition coefficient (Wildman–Crippen LogP) is 2.92. The zero-order valence-electron chi connectivity index (χ0n) is 16.1. The number of ether oxygens (including phenoxy) is 1. The second-order valence-corrected chi connectivity index (χ2v) is 8.06. The van der Waals surface area contributed by atoms with Crippen LogP contribution in [0.2, 0.25) is 5.02 Å². The Kier molecular flexibility index (Phi) is 7.17. The minimum atomic E-state index is -0.0745. The van der Waals surface area contributed by atoms with E-state index in [9.17, 15) is 4.79 Å². The largest absolute Gasteiger partial charge is 0.489 e. The third-order valence-electron chi connectivity index (χ3n) is 4.50. The highest BCUT2D eigenvalue weighted by Crippen LogP contribution is 2.23. The molecule has 0 saturated heterocycles. The summed E-state index contributed by atoms with van der Waals surface area (Å²) in [5.74, 6) is 1.41. The monoisotopic (exact) mass is 420 g/mol. The molecule has 6 nitrogen and oxygen atoms in total. The molecule has 28 heavy (non-hydrogen) atoms. The molecule has 1 aromatic carbocycles. The molecule has 1 aliphatic rings. The van der Waals surface area contributed by atoms with E-state index in [0.29, 0.717) is 24.1 Å². The molecule has 1 atom stereocenters. The lowest BCUT2D eigenvalue weighted by Crippen LogP contribution is -2.47. The Labute approximate surface area is 174 Å². The topological polar surface area (TPSA) is 66.0 Å². The molecule has 0 saturated carbocycles. The molecular weight excluding hydrogens is 396 g/mol. The van der Waals surface area contributed by atoms with Crippen LogP contribution in [0.5, 0.6) is 5.75 Å². The molecule has 0 bridgehead atoms. The number of halogens is 1. The Bertz CT molecular complexity index is 822. The summed E-state index contributed by atoms with van der Waals surface area (Å²) in [5, 5.41) is 9.05. The first-order valence-electron chi connectivity index (χ1n) is 9.25. The van der Waals surface area contributed by atoms with Crippen LogP contribution >= 0.6 is 22.9 Å². The van der Waals surface area contributed by atoms with Gasteiger partial charge in [-0.15, -0.1) is 11.3 Å². The van der Waals surface area contributed by atoms with Crippen molar-refractivity contribution >= 4 is 34.8 Å². The van der Waals surface area contributed by atoms with Crippen molar-refractivity contribution in [1.82, 2.24) is 15.5 Å². The molecule has 1 aromatic heterocycles. The number of carbonyl (C=O) groups excluding carboxylic acids is 1. The number of hydrogen-bond acceptors (Lipinski definition) is 4. The van der Waals surface area contributed by atoms with Crippen molar-refractivity contribution in [3.63, 3.8) is 0 Å². The van der Waals surface area contributed by atoms with E-state index in [1.165, 1.54) is 10.4 Å². The molecule has 3 rings (SSSR count). The molecular formula is C20H25ClN4O2S. The first kappa shape index (κ1) is 20.5. The summed E-state index contributed by atoms with van der Waals surface area (Å²) < 4.78 is 5.83. The van der Waals surface area contributed by atoms with E-state index in [1.807, 2.05) is 24.0 Å². The summed E-state index contributed by atoms with van der Waals surface area (Å²) in [6.07, 6.45) is 0.861. The molecule has 0 radical (unpaired) electrons. The molecule has 1 amide bonds. The minimum Gasteiger partial charge on any atom is -0.489 e. The fourth-order valence-corrected chi connectivity index (χ4v) is 4.00. The highest BCUT2D eigenvalue weighted by Gasteiger charge is 2.21. The van der Waals surface area contributed by atoms with E-state index >= 15 is 0 Å². The van der Waals surface area contributed by atoms with Crippen molar-refractivity contribution in [2.75, 3.05) is 26.7 Å². The average Bonchev–Trinajstić information content (AvgIpc) is 3.17. The van der Waals surface area contributed by atoms with Crippen molar-refractivity contribution < 1.29 is 9.53 Å². The van der Waals surface area contributed by atoms with Crippen LogP contribution in [-0.4, -0.2) is 49.6 Å².